The highest BCUT2D eigenvalue weighted by Gasteiger charge is 2.48. The Labute approximate surface area is 103 Å². The van der Waals surface area contributed by atoms with Gasteiger partial charge in [-0.05, 0) is 25.0 Å². The Morgan fingerprint density at radius 1 is 1.50 bits per heavy atom. The largest absolute Gasteiger partial charge is 0.496 e. The topological polar surface area (TPSA) is 46.5 Å². The Balaban J connectivity index is 2.57. The van der Waals surface area contributed by atoms with E-state index in [4.69, 9.17) is 4.74 Å². The average molecular weight is 285 g/mol. The summed E-state index contributed by atoms with van der Waals surface area (Å²) < 4.78 is 6.08. The molecule has 1 fully saturated rings. The van der Waals surface area contributed by atoms with Crippen LogP contribution in [0.2, 0.25) is 0 Å². The molecule has 4 heteroatoms. The van der Waals surface area contributed by atoms with Gasteiger partial charge >= 0.3 is 5.97 Å². The van der Waals surface area contributed by atoms with Crippen molar-refractivity contribution >= 4 is 21.9 Å². The van der Waals surface area contributed by atoms with E-state index in [1.54, 1.807) is 7.11 Å². The van der Waals surface area contributed by atoms with Gasteiger partial charge in [0.15, 0.2) is 0 Å². The van der Waals surface area contributed by atoms with E-state index in [0.29, 0.717) is 18.6 Å². The molecule has 0 radical (unpaired) electrons. The lowest BCUT2D eigenvalue weighted by Gasteiger charge is -2.39. The van der Waals surface area contributed by atoms with Crippen LogP contribution in [0, 0.1) is 0 Å². The third-order valence-corrected chi connectivity index (χ3v) is 3.95. The first-order valence-electron chi connectivity index (χ1n) is 5.18. The van der Waals surface area contributed by atoms with Crippen molar-refractivity contribution < 1.29 is 14.6 Å². The maximum atomic E-state index is 11.4. The van der Waals surface area contributed by atoms with Crippen molar-refractivity contribution in [2.24, 2.45) is 0 Å². The molecule has 0 aliphatic heterocycles. The Morgan fingerprint density at radius 3 is 2.62 bits per heavy atom. The number of ether oxygens (including phenoxy) is 1. The van der Waals surface area contributed by atoms with Crippen LogP contribution in [-0.4, -0.2) is 18.2 Å². The standard InChI is InChI=1S/C12H13BrO3/c1-16-9-5-2-4-8(13)10(9)12(11(14)15)6-3-7-12/h2,4-5H,3,6-7H2,1H3,(H,14,15). The van der Waals surface area contributed by atoms with Gasteiger partial charge in [0.1, 0.15) is 5.75 Å². The highest BCUT2D eigenvalue weighted by molar-refractivity contribution is 9.10. The summed E-state index contributed by atoms with van der Waals surface area (Å²) in [6.07, 6.45) is 2.32. The van der Waals surface area contributed by atoms with E-state index < -0.39 is 11.4 Å². The third-order valence-electron chi connectivity index (χ3n) is 3.29. The van der Waals surface area contributed by atoms with Crippen molar-refractivity contribution in [1.82, 2.24) is 0 Å². The van der Waals surface area contributed by atoms with Gasteiger partial charge in [0.25, 0.3) is 0 Å². The van der Waals surface area contributed by atoms with Gasteiger partial charge in [-0.25, -0.2) is 0 Å². The first kappa shape index (κ1) is 11.5. The lowest BCUT2D eigenvalue weighted by molar-refractivity contribution is -0.147. The fourth-order valence-electron chi connectivity index (χ4n) is 2.24. The van der Waals surface area contributed by atoms with Gasteiger partial charge in [0, 0.05) is 10.0 Å². The van der Waals surface area contributed by atoms with Crippen molar-refractivity contribution in [3.63, 3.8) is 0 Å². The molecule has 3 nitrogen and oxygen atoms in total. The summed E-state index contributed by atoms with van der Waals surface area (Å²) in [5.74, 6) is -0.111. The summed E-state index contributed by atoms with van der Waals surface area (Å²) in [5.41, 5.74) is 0.0158. The van der Waals surface area contributed by atoms with Crippen LogP contribution in [0.5, 0.6) is 5.75 Å². The van der Waals surface area contributed by atoms with Crippen LogP contribution in [0.15, 0.2) is 22.7 Å². The van der Waals surface area contributed by atoms with E-state index in [1.165, 1.54) is 0 Å². The molecule has 86 valence electrons. The summed E-state index contributed by atoms with van der Waals surface area (Å²) >= 11 is 3.42. The first-order chi connectivity index (χ1) is 7.62. The molecule has 1 aromatic rings. The number of halogens is 1. The lowest BCUT2D eigenvalue weighted by atomic mass is 9.64. The molecule has 1 N–H and O–H groups in total. The molecule has 0 unspecified atom stereocenters. The summed E-state index contributed by atoms with van der Waals surface area (Å²) in [5, 5.41) is 9.41. The van der Waals surface area contributed by atoms with E-state index in [2.05, 4.69) is 15.9 Å². The molecular formula is C12H13BrO3. The van der Waals surface area contributed by atoms with E-state index in [9.17, 15) is 9.90 Å². The minimum Gasteiger partial charge on any atom is -0.496 e. The normalized spacial score (nSPS) is 17.6. The summed E-state index contributed by atoms with van der Waals surface area (Å²) in [6, 6.07) is 5.52. The molecular weight excluding hydrogens is 272 g/mol. The van der Waals surface area contributed by atoms with Crippen molar-refractivity contribution in [3.05, 3.63) is 28.2 Å². The number of hydrogen-bond acceptors (Lipinski definition) is 2. The molecule has 1 aliphatic rings. The minimum absolute atomic E-state index is 0.650. The van der Waals surface area contributed by atoms with Crippen molar-refractivity contribution in [2.45, 2.75) is 24.7 Å². The Hall–Kier alpha value is -1.03. The molecule has 0 amide bonds. The number of hydrogen-bond donors (Lipinski definition) is 1. The molecule has 0 spiro atoms. The molecule has 1 aromatic carbocycles. The highest BCUT2D eigenvalue weighted by atomic mass is 79.9. The quantitative estimate of drug-likeness (QED) is 0.928. The molecule has 1 aliphatic carbocycles. The monoisotopic (exact) mass is 284 g/mol. The molecule has 0 heterocycles. The second-order valence-electron chi connectivity index (χ2n) is 4.06. The van der Waals surface area contributed by atoms with Crippen molar-refractivity contribution in [2.75, 3.05) is 7.11 Å². The van der Waals surface area contributed by atoms with Crippen LogP contribution < -0.4 is 4.74 Å². The van der Waals surface area contributed by atoms with Crippen molar-refractivity contribution in [3.8, 4) is 5.75 Å². The van der Waals surface area contributed by atoms with E-state index in [1.807, 2.05) is 18.2 Å². The van der Waals surface area contributed by atoms with Gasteiger partial charge in [-0.3, -0.25) is 4.79 Å². The fourth-order valence-corrected chi connectivity index (χ4v) is 2.97. The third kappa shape index (κ3) is 1.52. The Morgan fingerprint density at radius 2 is 2.19 bits per heavy atom. The van der Waals surface area contributed by atoms with Gasteiger partial charge in [0.05, 0.1) is 12.5 Å². The predicted molar refractivity (Wildman–Crippen MR) is 63.9 cm³/mol. The van der Waals surface area contributed by atoms with Gasteiger partial charge in [-0.2, -0.15) is 0 Å². The molecule has 2 rings (SSSR count). The van der Waals surface area contributed by atoms with Gasteiger partial charge in [-0.1, -0.05) is 28.4 Å². The number of methoxy groups -OCH3 is 1. The number of aliphatic carboxylic acids is 1. The van der Waals surface area contributed by atoms with Crippen LogP contribution in [0.1, 0.15) is 24.8 Å². The maximum absolute atomic E-state index is 11.4. The van der Waals surface area contributed by atoms with Crippen LogP contribution in [0.25, 0.3) is 0 Å². The van der Waals surface area contributed by atoms with E-state index >= 15 is 0 Å². The number of carbonyl (C=O) groups is 1. The summed E-state index contributed by atoms with van der Waals surface area (Å²) in [6.45, 7) is 0. The van der Waals surface area contributed by atoms with Crippen LogP contribution in [0.3, 0.4) is 0 Å². The van der Waals surface area contributed by atoms with Gasteiger partial charge in [0.2, 0.25) is 0 Å². The van der Waals surface area contributed by atoms with Gasteiger partial charge in [-0.15, -0.1) is 0 Å². The number of carboxylic acids is 1. The van der Waals surface area contributed by atoms with E-state index in [-0.39, 0.29) is 0 Å². The molecule has 0 saturated heterocycles. The zero-order valence-corrected chi connectivity index (χ0v) is 10.6. The number of carboxylic acid groups (broad SMARTS) is 1. The fraction of sp³-hybridized carbons (Fsp3) is 0.417. The maximum Gasteiger partial charge on any atom is 0.314 e. The van der Waals surface area contributed by atoms with Crippen LogP contribution >= 0.6 is 15.9 Å². The zero-order chi connectivity index (χ0) is 11.8. The number of benzene rings is 1. The van der Waals surface area contributed by atoms with Gasteiger partial charge < -0.3 is 9.84 Å². The van der Waals surface area contributed by atoms with Crippen LogP contribution in [-0.2, 0) is 10.2 Å². The SMILES string of the molecule is COc1cccc(Br)c1C1(C(=O)O)CCC1. The second kappa shape index (κ2) is 4.09. The zero-order valence-electron chi connectivity index (χ0n) is 9.00. The summed E-state index contributed by atoms with van der Waals surface area (Å²) in [7, 11) is 1.57. The number of rotatable bonds is 3. The molecule has 0 aromatic heterocycles. The first-order valence-corrected chi connectivity index (χ1v) is 5.97. The molecule has 16 heavy (non-hydrogen) atoms. The highest BCUT2D eigenvalue weighted by Crippen LogP contribution is 2.49. The minimum atomic E-state index is -0.760. The Bertz CT molecular complexity index is 424. The summed E-state index contributed by atoms with van der Waals surface area (Å²) in [4.78, 5) is 11.4. The van der Waals surface area contributed by atoms with E-state index in [0.717, 1.165) is 16.5 Å². The smallest absolute Gasteiger partial charge is 0.314 e. The molecule has 1 saturated carbocycles. The van der Waals surface area contributed by atoms with Crippen LogP contribution in [0.4, 0.5) is 0 Å². The average Bonchev–Trinajstić information content (AvgIpc) is 2.18. The Kier molecular flexibility index (Phi) is 2.93. The predicted octanol–water partition coefficient (Wildman–Crippen LogP) is 2.96. The second-order valence-corrected chi connectivity index (χ2v) is 4.91. The molecule has 0 atom stereocenters. The molecule has 0 bridgehead atoms. The van der Waals surface area contributed by atoms with Crippen molar-refractivity contribution in [1.29, 1.82) is 0 Å². The lowest BCUT2D eigenvalue weighted by Crippen LogP contribution is -2.42.